The largest absolute Gasteiger partial charge is 0.335 e. The number of amides is 1. The second kappa shape index (κ2) is 6.96. The van der Waals surface area contributed by atoms with Gasteiger partial charge in [0.2, 0.25) is 0 Å². The average Bonchev–Trinajstić information content (AvgIpc) is 2.95. The first-order valence-corrected chi connectivity index (χ1v) is 10.3. The molecule has 0 aliphatic carbocycles. The molecule has 0 N–H and O–H groups in total. The molecule has 1 unspecified atom stereocenters. The van der Waals surface area contributed by atoms with Gasteiger partial charge < -0.3 is 4.90 Å². The molecule has 0 bridgehead atoms. The van der Waals surface area contributed by atoms with E-state index in [0.29, 0.717) is 24.2 Å². The summed E-state index contributed by atoms with van der Waals surface area (Å²) in [5.41, 5.74) is 3.01. The van der Waals surface area contributed by atoms with Crippen molar-refractivity contribution in [3.8, 4) is 11.3 Å². The van der Waals surface area contributed by atoms with Crippen LogP contribution in [0.15, 0.2) is 42.5 Å². The number of aromatic nitrogens is 1. The molecule has 1 amide bonds. The third kappa shape index (κ3) is 3.74. The van der Waals surface area contributed by atoms with Crippen LogP contribution in [0.3, 0.4) is 0 Å². The second-order valence-electron chi connectivity index (χ2n) is 6.34. The Bertz CT molecular complexity index is 879. The molecule has 1 saturated heterocycles. The Balaban J connectivity index is 1.86. The predicted molar refractivity (Wildman–Crippen MR) is 98.2 cm³/mol. The Morgan fingerprint density at radius 3 is 2.48 bits per heavy atom. The summed E-state index contributed by atoms with van der Waals surface area (Å²) in [4.78, 5) is 19.2. The molecule has 132 valence electrons. The lowest BCUT2D eigenvalue weighted by Gasteiger charge is -2.27. The van der Waals surface area contributed by atoms with Gasteiger partial charge in [-0.2, -0.15) is 0 Å². The first-order chi connectivity index (χ1) is 11.9. The molecule has 0 spiro atoms. The van der Waals surface area contributed by atoms with Gasteiger partial charge >= 0.3 is 0 Å². The van der Waals surface area contributed by atoms with Gasteiger partial charge in [0.05, 0.1) is 28.5 Å². The van der Waals surface area contributed by atoms with Gasteiger partial charge in [0.1, 0.15) is 0 Å². The maximum absolute atomic E-state index is 12.9. The number of hydrogen-bond donors (Lipinski definition) is 0. The number of sulfone groups is 1. The quantitative estimate of drug-likeness (QED) is 0.843. The molecule has 2 aromatic rings. The van der Waals surface area contributed by atoms with Gasteiger partial charge in [-0.3, -0.25) is 9.78 Å². The van der Waals surface area contributed by atoms with Crippen LogP contribution in [0.5, 0.6) is 0 Å². The van der Waals surface area contributed by atoms with Gasteiger partial charge in [-0.1, -0.05) is 30.3 Å². The Morgan fingerprint density at radius 1 is 1.20 bits per heavy atom. The molecule has 1 fully saturated rings. The zero-order valence-electron chi connectivity index (χ0n) is 14.5. The van der Waals surface area contributed by atoms with Gasteiger partial charge in [-0.15, -0.1) is 0 Å². The van der Waals surface area contributed by atoms with Crippen LogP contribution in [-0.4, -0.2) is 48.3 Å². The van der Waals surface area contributed by atoms with Crippen molar-refractivity contribution in [3.05, 3.63) is 53.7 Å². The lowest BCUT2D eigenvalue weighted by molar-refractivity contribution is 0.0707. The van der Waals surface area contributed by atoms with E-state index < -0.39 is 9.84 Å². The summed E-state index contributed by atoms with van der Waals surface area (Å²) in [5.74, 6) is 0.0708. The van der Waals surface area contributed by atoms with Crippen LogP contribution in [-0.2, 0) is 9.84 Å². The molecule has 0 saturated carbocycles. The van der Waals surface area contributed by atoms with E-state index in [-0.39, 0.29) is 23.5 Å². The lowest BCUT2D eigenvalue weighted by Crippen LogP contribution is -2.41. The summed E-state index contributed by atoms with van der Waals surface area (Å²) >= 11 is 0. The van der Waals surface area contributed by atoms with Gasteiger partial charge in [0.25, 0.3) is 5.91 Å². The van der Waals surface area contributed by atoms with Crippen LogP contribution >= 0.6 is 0 Å². The van der Waals surface area contributed by atoms with Crippen molar-refractivity contribution in [3.63, 3.8) is 0 Å². The molecular formula is C19H22N2O3S. The van der Waals surface area contributed by atoms with Crippen molar-refractivity contribution < 1.29 is 13.2 Å². The fourth-order valence-electron chi connectivity index (χ4n) is 3.30. The molecule has 1 aromatic heterocycles. The first-order valence-electron chi connectivity index (χ1n) is 8.46. The zero-order valence-corrected chi connectivity index (χ0v) is 15.3. The Labute approximate surface area is 148 Å². The summed E-state index contributed by atoms with van der Waals surface area (Å²) in [6, 6.07) is 13.2. The van der Waals surface area contributed by atoms with E-state index in [0.717, 1.165) is 11.3 Å². The number of benzene rings is 1. The molecule has 25 heavy (non-hydrogen) atoms. The Hall–Kier alpha value is -2.21. The van der Waals surface area contributed by atoms with Crippen molar-refractivity contribution in [2.45, 2.75) is 26.3 Å². The summed E-state index contributed by atoms with van der Waals surface area (Å²) < 4.78 is 23.5. The van der Waals surface area contributed by atoms with E-state index in [9.17, 15) is 13.2 Å². The number of pyridine rings is 1. The van der Waals surface area contributed by atoms with Crippen LogP contribution in [0, 0.1) is 6.92 Å². The maximum Gasteiger partial charge on any atom is 0.255 e. The highest BCUT2D eigenvalue weighted by Gasteiger charge is 2.34. The Morgan fingerprint density at radius 2 is 1.92 bits per heavy atom. The number of rotatable bonds is 4. The molecule has 1 aromatic carbocycles. The van der Waals surface area contributed by atoms with Crippen molar-refractivity contribution in [1.82, 2.24) is 9.88 Å². The summed E-state index contributed by atoms with van der Waals surface area (Å²) in [6.45, 7) is 4.18. The van der Waals surface area contributed by atoms with E-state index in [1.165, 1.54) is 0 Å². The summed E-state index contributed by atoms with van der Waals surface area (Å²) in [5, 5.41) is 0. The fraction of sp³-hybridized carbons (Fsp3) is 0.368. The molecule has 5 nitrogen and oxygen atoms in total. The monoisotopic (exact) mass is 358 g/mol. The highest BCUT2D eigenvalue weighted by molar-refractivity contribution is 7.91. The smallest absolute Gasteiger partial charge is 0.255 e. The van der Waals surface area contributed by atoms with E-state index in [2.05, 4.69) is 4.98 Å². The predicted octanol–water partition coefficient (Wildman–Crippen LogP) is 2.71. The SMILES string of the molecule is CCN(C(=O)c1ccc(-c2ccccc2)nc1C)C1CCS(=O)(=O)C1. The van der Waals surface area contributed by atoms with Crippen LogP contribution in [0.4, 0.5) is 0 Å². The molecule has 6 heteroatoms. The number of hydrogen-bond acceptors (Lipinski definition) is 4. The molecule has 0 radical (unpaired) electrons. The molecular weight excluding hydrogens is 336 g/mol. The van der Waals surface area contributed by atoms with E-state index in [1.807, 2.05) is 50.2 Å². The van der Waals surface area contributed by atoms with Gasteiger partial charge in [0.15, 0.2) is 9.84 Å². The van der Waals surface area contributed by atoms with Crippen molar-refractivity contribution in [2.75, 3.05) is 18.1 Å². The molecule has 1 atom stereocenters. The fourth-order valence-corrected chi connectivity index (χ4v) is 5.03. The minimum absolute atomic E-state index is 0.0567. The van der Waals surface area contributed by atoms with Crippen molar-refractivity contribution >= 4 is 15.7 Å². The molecule has 1 aliphatic rings. The topological polar surface area (TPSA) is 67.3 Å². The summed E-state index contributed by atoms with van der Waals surface area (Å²) in [7, 11) is -3.03. The zero-order chi connectivity index (χ0) is 18.0. The maximum atomic E-state index is 12.9. The highest BCUT2D eigenvalue weighted by Crippen LogP contribution is 2.23. The van der Waals surface area contributed by atoms with Crippen LogP contribution in [0.1, 0.15) is 29.4 Å². The number of nitrogens with zero attached hydrogens (tertiary/aromatic N) is 2. The highest BCUT2D eigenvalue weighted by atomic mass is 32.2. The number of carbonyl (C=O) groups excluding carboxylic acids is 1. The normalized spacial score (nSPS) is 18.9. The summed E-state index contributed by atoms with van der Waals surface area (Å²) in [6.07, 6.45) is 0.510. The molecule has 3 rings (SSSR count). The average molecular weight is 358 g/mol. The van der Waals surface area contributed by atoms with E-state index in [4.69, 9.17) is 0 Å². The third-order valence-electron chi connectivity index (χ3n) is 4.64. The van der Waals surface area contributed by atoms with Crippen LogP contribution in [0.25, 0.3) is 11.3 Å². The van der Waals surface area contributed by atoms with Gasteiger partial charge in [-0.25, -0.2) is 8.42 Å². The third-order valence-corrected chi connectivity index (χ3v) is 6.39. The van der Waals surface area contributed by atoms with E-state index in [1.54, 1.807) is 11.0 Å². The first kappa shape index (κ1) is 17.6. The number of aryl methyl sites for hydroxylation is 1. The minimum atomic E-state index is -3.03. The lowest BCUT2D eigenvalue weighted by atomic mass is 10.1. The Kier molecular flexibility index (Phi) is 4.90. The van der Waals surface area contributed by atoms with Gasteiger partial charge in [0, 0.05) is 18.2 Å². The molecule has 1 aliphatic heterocycles. The second-order valence-corrected chi connectivity index (χ2v) is 8.57. The molecule has 2 heterocycles. The van der Waals surface area contributed by atoms with Crippen molar-refractivity contribution in [1.29, 1.82) is 0 Å². The van der Waals surface area contributed by atoms with Gasteiger partial charge in [-0.05, 0) is 32.4 Å². The van der Waals surface area contributed by atoms with Crippen molar-refractivity contribution in [2.24, 2.45) is 0 Å². The standard InChI is InChI=1S/C19H22N2O3S/c1-3-21(16-11-12-25(23,24)13-16)19(22)17-9-10-18(20-14(17)2)15-7-5-4-6-8-15/h4-10,16H,3,11-13H2,1-2H3. The minimum Gasteiger partial charge on any atom is -0.335 e. The van der Waals surface area contributed by atoms with E-state index >= 15 is 0 Å². The van der Waals surface area contributed by atoms with Crippen LogP contribution < -0.4 is 0 Å². The van der Waals surface area contributed by atoms with Crippen LogP contribution in [0.2, 0.25) is 0 Å². The number of carbonyl (C=O) groups is 1.